The maximum atomic E-state index is 9.40. The molecule has 1 aliphatic carbocycles. The SMILES string of the molecule is OCC(O)C1CCC(C(O)CO)CC1. The monoisotopic (exact) mass is 204 g/mol. The van der Waals surface area contributed by atoms with Crippen LogP contribution in [0.5, 0.6) is 0 Å². The summed E-state index contributed by atoms with van der Waals surface area (Å²) >= 11 is 0. The Labute approximate surface area is 84.2 Å². The smallest absolute Gasteiger partial charge is 0.0799 e. The van der Waals surface area contributed by atoms with Crippen LogP contribution in [-0.4, -0.2) is 45.8 Å². The van der Waals surface area contributed by atoms with E-state index in [1.807, 2.05) is 0 Å². The van der Waals surface area contributed by atoms with Crippen molar-refractivity contribution in [2.24, 2.45) is 11.8 Å². The second kappa shape index (κ2) is 5.66. The lowest BCUT2D eigenvalue weighted by molar-refractivity contribution is -0.00706. The molecule has 0 heterocycles. The average molecular weight is 204 g/mol. The zero-order valence-electron chi connectivity index (χ0n) is 8.34. The highest BCUT2D eigenvalue weighted by molar-refractivity contribution is 4.80. The molecule has 1 aliphatic rings. The largest absolute Gasteiger partial charge is 0.394 e. The lowest BCUT2D eigenvalue weighted by Gasteiger charge is -2.32. The van der Waals surface area contributed by atoms with Gasteiger partial charge in [0.25, 0.3) is 0 Å². The first-order valence-electron chi connectivity index (χ1n) is 5.27. The summed E-state index contributed by atoms with van der Waals surface area (Å²) in [6.07, 6.45) is 2.05. The Kier molecular flexibility index (Phi) is 4.81. The van der Waals surface area contributed by atoms with E-state index in [1.54, 1.807) is 0 Å². The second-order valence-corrected chi connectivity index (χ2v) is 4.17. The van der Waals surface area contributed by atoms with Gasteiger partial charge in [0.15, 0.2) is 0 Å². The molecule has 4 N–H and O–H groups in total. The van der Waals surface area contributed by atoms with Gasteiger partial charge < -0.3 is 20.4 Å². The van der Waals surface area contributed by atoms with Crippen molar-refractivity contribution >= 4 is 0 Å². The van der Waals surface area contributed by atoms with Crippen LogP contribution in [0.2, 0.25) is 0 Å². The van der Waals surface area contributed by atoms with Crippen molar-refractivity contribution in [3.05, 3.63) is 0 Å². The molecule has 1 fully saturated rings. The fourth-order valence-electron chi connectivity index (χ4n) is 2.21. The molecule has 1 rings (SSSR count). The molecule has 0 aromatic rings. The van der Waals surface area contributed by atoms with Gasteiger partial charge in [-0.25, -0.2) is 0 Å². The number of hydrogen-bond donors (Lipinski definition) is 4. The molecule has 0 radical (unpaired) electrons. The summed E-state index contributed by atoms with van der Waals surface area (Å²) < 4.78 is 0. The molecule has 0 saturated heterocycles. The molecule has 84 valence electrons. The summed E-state index contributed by atoms with van der Waals surface area (Å²) in [6, 6.07) is 0. The van der Waals surface area contributed by atoms with Crippen molar-refractivity contribution < 1.29 is 20.4 Å². The van der Waals surface area contributed by atoms with Gasteiger partial charge in [0.05, 0.1) is 25.4 Å². The Hall–Kier alpha value is -0.160. The zero-order chi connectivity index (χ0) is 10.6. The van der Waals surface area contributed by atoms with Gasteiger partial charge in [0.1, 0.15) is 0 Å². The van der Waals surface area contributed by atoms with Crippen LogP contribution in [0.4, 0.5) is 0 Å². The summed E-state index contributed by atoms with van der Waals surface area (Å²) in [5, 5.41) is 36.3. The minimum Gasteiger partial charge on any atom is -0.394 e. The zero-order valence-corrected chi connectivity index (χ0v) is 8.34. The topological polar surface area (TPSA) is 80.9 Å². The van der Waals surface area contributed by atoms with E-state index in [0.29, 0.717) is 0 Å². The molecule has 0 aromatic heterocycles. The van der Waals surface area contributed by atoms with Crippen LogP contribution >= 0.6 is 0 Å². The predicted molar refractivity (Wildman–Crippen MR) is 51.6 cm³/mol. The highest BCUT2D eigenvalue weighted by atomic mass is 16.3. The van der Waals surface area contributed by atoms with Crippen molar-refractivity contribution in [3.8, 4) is 0 Å². The quantitative estimate of drug-likeness (QED) is 0.497. The lowest BCUT2D eigenvalue weighted by atomic mass is 9.77. The molecule has 2 unspecified atom stereocenters. The lowest BCUT2D eigenvalue weighted by Crippen LogP contribution is -2.33. The molecule has 4 nitrogen and oxygen atoms in total. The van der Waals surface area contributed by atoms with Crippen LogP contribution in [0.15, 0.2) is 0 Å². The van der Waals surface area contributed by atoms with E-state index in [2.05, 4.69) is 0 Å². The van der Waals surface area contributed by atoms with Crippen molar-refractivity contribution in [3.63, 3.8) is 0 Å². The van der Waals surface area contributed by atoms with E-state index in [4.69, 9.17) is 10.2 Å². The molecule has 2 atom stereocenters. The summed E-state index contributed by atoms with van der Waals surface area (Å²) in [6.45, 7) is -0.365. The molecule has 0 aliphatic heterocycles. The van der Waals surface area contributed by atoms with E-state index < -0.39 is 12.2 Å². The van der Waals surface area contributed by atoms with Crippen LogP contribution < -0.4 is 0 Å². The first kappa shape index (κ1) is 11.9. The van der Waals surface area contributed by atoms with Crippen LogP contribution in [0.1, 0.15) is 25.7 Å². The fourth-order valence-corrected chi connectivity index (χ4v) is 2.21. The highest BCUT2D eigenvalue weighted by Gasteiger charge is 2.29. The van der Waals surface area contributed by atoms with E-state index in [0.717, 1.165) is 25.7 Å². The van der Waals surface area contributed by atoms with Crippen molar-refractivity contribution in [2.45, 2.75) is 37.9 Å². The minimum atomic E-state index is -0.623. The third-order valence-corrected chi connectivity index (χ3v) is 3.28. The Morgan fingerprint density at radius 3 is 1.29 bits per heavy atom. The van der Waals surface area contributed by atoms with Gasteiger partial charge in [-0.15, -0.1) is 0 Å². The molecule has 14 heavy (non-hydrogen) atoms. The van der Waals surface area contributed by atoms with Gasteiger partial charge in [-0.3, -0.25) is 0 Å². The molecule has 0 spiro atoms. The van der Waals surface area contributed by atoms with Crippen LogP contribution in [0.3, 0.4) is 0 Å². The Morgan fingerprint density at radius 2 is 1.07 bits per heavy atom. The Balaban J connectivity index is 2.31. The van der Waals surface area contributed by atoms with Crippen molar-refractivity contribution in [2.75, 3.05) is 13.2 Å². The van der Waals surface area contributed by atoms with E-state index >= 15 is 0 Å². The van der Waals surface area contributed by atoms with Gasteiger partial charge in [-0.2, -0.15) is 0 Å². The maximum Gasteiger partial charge on any atom is 0.0799 e. The van der Waals surface area contributed by atoms with Crippen molar-refractivity contribution in [1.29, 1.82) is 0 Å². The standard InChI is InChI=1S/C10H20O4/c11-5-9(13)7-1-2-8(4-3-7)10(14)6-12/h7-14H,1-6H2. The van der Waals surface area contributed by atoms with Crippen LogP contribution in [0, 0.1) is 11.8 Å². The molecular weight excluding hydrogens is 184 g/mol. The third kappa shape index (κ3) is 2.92. The number of hydrogen-bond acceptors (Lipinski definition) is 4. The van der Waals surface area contributed by atoms with Gasteiger partial charge >= 0.3 is 0 Å². The molecule has 0 bridgehead atoms. The first-order valence-corrected chi connectivity index (χ1v) is 5.27. The summed E-state index contributed by atoms with van der Waals surface area (Å²) in [4.78, 5) is 0. The minimum absolute atomic E-state index is 0.155. The van der Waals surface area contributed by atoms with E-state index in [-0.39, 0.29) is 25.0 Å². The maximum absolute atomic E-state index is 9.40. The van der Waals surface area contributed by atoms with E-state index in [1.165, 1.54) is 0 Å². The molecule has 0 amide bonds. The summed E-state index contributed by atoms with van der Waals surface area (Å²) in [5.74, 6) is 0.310. The van der Waals surface area contributed by atoms with E-state index in [9.17, 15) is 10.2 Å². The highest BCUT2D eigenvalue weighted by Crippen LogP contribution is 2.32. The molecular formula is C10H20O4. The van der Waals surface area contributed by atoms with Crippen LogP contribution in [0.25, 0.3) is 0 Å². The van der Waals surface area contributed by atoms with Gasteiger partial charge in [-0.1, -0.05) is 0 Å². The number of rotatable bonds is 4. The Bertz CT molecular complexity index is 136. The molecule has 1 saturated carbocycles. The third-order valence-electron chi connectivity index (χ3n) is 3.28. The average Bonchev–Trinajstić information content (AvgIpc) is 2.27. The van der Waals surface area contributed by atoms with Gasteiger partial charge in [0, 0.05) is 0 Å². The second-order valence-electron chi connectivity index (χ2n) is 4.17. The molecule has 4 heteroatoms. The van der Waals surface area contributed by atoms with Crippen LogP contribution in [-0.2, 0) is 0 Å². The van der Waals surface area contributed by atoms with Crippen molar-refractivity contribution in [1.82, 2.24) is 0 Å². The summed E-state index contributed by atoms with van der Waals surface area (Å²) in [7, 11) is 0. The number of aliphatic hydroxyl groups excluding tert-OH is 4. The fraction of sp³-hybridized carbons (Fsp3) is 1.00. The predicted octanol–water partition coefficient (Wildman–Crippen LogP) is -0.501. The number of aliphatic hydroxyl groups is 4. The first-order chi connectivity index (χ1) is 6.69. The molecule has 0 aromatic carbocycles. The van der Waals surface area contributed by atoms with Gasteiger partial charge in [0.2, 0.25) is 0 Å². The summed E-state index contributed by atoms with van der Waals surface area (Å²) in [5.41, 5.74) is 0. The van der Waals surface area contributed by atoms with Gasteiger partial charge in [-0.05, 0) is 37.5 Å². The Morgan fingerprint density at radius 1 is 0.786 bits per heavy atom. The normalized spacial score (nSPS) is 32.6.